The van der Waals surface area contributed by atoms with Gasteiger partial charge in [0.2, 0.25) is 0 Å². The van der Waals surface area contributed by atoms with E-state index >= 15 is 0 Å². The van der Waals surface area contributed by atoms with Crippen LogP contribution in [0, 0.1) is 0 Å². The van der Waals surface area contributed by atoms with Gasteiger partial charge in [-0.3, -0.25) is 0 Å². The number of benzene rings is 1. The Bertz CT molecular complexity index is 429. The van der Waals surface area contributed by atoms with Crippen LogP contribution in [-0.4, -0.2) is 16.8 Å². The van der Waals surface area contributed by atoms with Crippen LogP contribution in [0.4, 0.5) is 0 Å². The zero-order chi connectivity index (χ0) is 12.1. The fourth-order valence-corrected chi connectivity index (χ4v) is 2.84. The average Bonchev–Trinajstić information content (AvgIpc) is 2.70. The van der Waals surface area contributed by atoms with Crippen LogP contribution < -0.4 is 5.73 Å². The first-order chi connectivity index (χ1) is 8.25. The molecule has 1 heterocycles. The van der Waals surface area contributed by atoms with E-state index in [0.29, 0.717) is 6.04 Å². The Morgan fingerprint density at radius 2 is 2.12 bits per heavy atom. The molecule has 1 aromatic carbocycles. The SMILES string of the molecule is CC(N)CCCCSc1cc2ccccc2[nH]1. The molecular weight excluding hydrogens is 228 g/mol. The van der Waals surface area contributed by atoms with Crippen molar-refractivity contribution in [2.45, 2.75) is 37.3 Å². The minimum Gasteiger partial charge on any atom is -0.350 e. The molecule has 2 nitrogen and oxygen atoms in total. The number of nitrogens with two attached hydrogens (primary N) is 1. The molecule has 3 N–H and O–H groups in total. The Hall–Kier alpha value is -0.930. The molecule has 0 aliphatic rings. The number of hydrogen-bond acceptors (Lipinski definition) is 2. The highest BCUT2D eigenvalue weighted by Gasteiger charge is 2.00. The second-order valence-electron chi connectivity index (χ2n) is 4.54. The molecule has 1 unspecified atom stereocenters. The maximum absolute atomic E-state index is 5.72. The largest absolute Gasteiger partial charge is 0.350 e. The van der Waals surface area contributed by atoms with Crippen molar-refractivity contribution in [1.82, 2.24) is 4.98 Å². The smallest absolute Gasteiger partial charge is 0.0732 e. The zero-order valence-corrected chi connectivity index (χ0v) is 11.1. The van der Waals surface area contributed by atoms with E-state index in [1.165, 1.54) is 34.5 Å². The summed E-state index contributed by atoms with van der Waals surface area (Å²) in [5, 5.41) is 2.57. The van der Waals surface area contributed by atoms with Crippen LogP contribution in [-0.2, 0) is 0 Å². The second-order valence-corrected chi connectivity index (χ2v) is 5.68. The van der Waals surface area contributed by atoms with Gasteiger partial charge in [0.05, 0.1) is 5.03 Å². The van der Waals surface area contributed by atoms with Crippen LogP contribution in [0.25, 0.3) is 10.9 Å². The monoisotopic (exact) mass is 248 g/mol. The van der Waals surface area contributed by atoms with Crippen LogP contribution in [0.3, 0.4) is 0 Å². The summed E-state index contributed by atoms with van der Waals surface area (Å²) < 4.78 is 0. The van der Waals surface area contributed by atoms with E-state index in [9.17, 15) is 0 Å². The third-order valence-corrected chi connectivity index (χ3v) is 3.84. The van der Waals surface area contributed by atoms with Gasteiger partial charge in [0.1, 0.15) is 0 Å². The van der Waals surface area contributed by atoms with Gasteiger partial charge in [-0.25, -0.2) is 0 Å². The maximum atomic E-state index is 5.72. The summed E-state index contributed by atoms with van der Waals surface area (Å²) in [7, 11) is 0. The molecule has 0 saturated heterocycles. The van der Waals surface area contributed by atoms with Gasteiger partial charge in [0.15, 0.2) is 0 Å². The molecule has 2 aromatic rings. The summed E-state index contributed by atoms with van der Waals surface area (Å²) in [6.07, 6.45) is 3.60. The van der Waals surface area contributed by atoms with Gasteiger partial charge in [-0.05, 0) is 37.7 Å². The van der Waals surface area contributed by atoms with Crippen LogP contribution >= 0.6 is 11.8 Å². The number of hydrogen-bond donors (Lipinski definition) is 2. The zero-order valence-electron chi connectivity index (χ0n) is 10.3. The summed E-state index contributed by atoms with van der Waals surface area (Å²) in [5.41, 5.74) is 6.95. The first-order valence-corrected chi connectivity index (χ1v) is 7.20. The van der Waals surface area contributed by atoms with E-state index in [1.54, 1.807) is 0 Å². The molecule has 0 aliphatic carbocycles. The highest BCUT2D eigenvalue weighted by atomic mass is 32.2. The Labute approximate surface area is 107 Å². The van der Waals surface area contributed by atoms with Crippen LogP contribution in [0.2, 0.25) is 0 Å². The number of unbranched alkanes of at least 4 members (excludes halogenated alkanes) is 1. The van der Waals surface area contributed by atoms with Crippen LogP contribution in [0.1, 0.15) is 26.2 Å². The van der Waals surface area contributed by atoms with Crippen molar-refractivity contribution >= 4 is 22.7 Å². The van der Waals surface area contributed by atoms with Gasteiger partial charge in [-0.2, -0.15) is 0 Å². The molecule has 0 aliphatic heterocycles. The standard InChI is InChI=1S/C14H20N2S/c1-11(15)6-4-5-9-17-14-10-12-7-2-3-8-13(12)16-14/h2-3,7-8,10-11,16H,4-6,9,15H2,1H3. The van der Waals surface area contributed by atoms with E-state index in [2.05, 4.69) is 42.2 Å². The number of aromatic nitrogens is 1. The van der Waals surface area contributed by atoms with E-state index in [4.69, 9.17) is 5.73 Å². The van der Waals surface area contributed by atoms with Crippen molar-refractivity contribution in [3.05, 3.63) is 30.3 Å². The molecule has 0 spiro atoms. The number of fused-ring (bicyclic) bond motifs is 1. The van der Waals surface area contributed by atoms with Gasteiger partial charge >= 0.3 is 0 Å². The van der Waals surface area contributed by atoms with Crippen molar-refractivity contribution in [3.63, 3.8) is 0 Å². The highest BCUT2D eigenvalue weighted by Crippen LogP contribution is 2.24. The molecule has 1 atom stereocenters. The summed E-state index contributed by atoms with van der Waals surface area (Å²) in [6.45, 7) is 2.07. The molecule has 0 radical (unpaired) electrons. The predicted molar refractivity (Wildman–Crippen MR) is 76.5 cm³/mol. The van der Waals surface area contributed by atoms with Gasteiger partial charge in [-0.1, -0.05) is 24.6 Å². The molecule has 92 valence electrons. The Kier molecular flexibility index (Phi) is 4.51. The summed E-state index contributed by atoms with van der Waals surface area (Å²) in [6, 6.07) is 11.0. The fourth-order valence-electron chi connectivity index (χ4n) is 1.88. The fraction of sp³-hybridized carbons (Fsp3) is 0.429. The summed E-state index contributed by atoms with van der Waals surface area (Å²) >= 11 is 1.90. The van der Waals surface area contributed by atoms with Crippen LogP contribution in [0.5, 0.6) is 0 Å². The van der Waals surface area contributed by atoms with E-state index < -0.39 is 0 Å². The lowest BCUT2D eigenvalue weighted by Gasteiger charge is -2.03. The lowest BCUT2D eigenvalue weighted by Crippen LogP contribution is -2.13. The molecule has 0 fully saturated rings. The van der Waals surface area contributed by atoms with E-state index in [-0.39, 0.29) is 0 Å². The molecule has 0 amide bonds. The normalized spacial score (nSPS) is 13.1. The van der Waals surface area contributed by atoms with Gasteiger partial charge < -0.3 is 10.7 Å². The molecule has 17 heavy (non-hydrogen) atoms. The van der Waals surface area contributed by atoms with Crippen molar-refractivity contribution in [2.24, 2.45) is 5.73 Å². The topological polar surface area (TPSA) is 41.8 Å². The van der Waals surface area contributed by atoms with E-state index in [0.717, 1.165) is 6.42 Å². The van der Waals surface area contributed by atoms with Gasteiger partial charge in [-0.15, -0.1) is 11.8 Å². The number of aromatic amines is 1. The first kappa shape index (κ1) is 12.5. The molecule has 0 saturated carbocycles. The number of nitrogens with one attached hydrogen (secondary N) is 1. The minimum absolute atomic E-state index is 0.341. The number of thioether (sulfide) groups is 1. The summed E-state index contributed by atoms with van der Waals surface area (Å²) in [5.74, 6) is 1.17. The molecule has 1 aromatic heterocycles. The average molecular weight is 248 g/mol. The Morgan fingerprint density at radius 1 is 1.29 bits per heavy atom. The molecule has 3 heteroatoms. The van der Waals surface area contributed by atoms with E-state index in [1.807, 2.05) is 11.8 Å². The number of H-pyrrole nitrogens is 1. The Morgan fingerprint density at radius 3 is 2.88 bits per heavy atom. The van der Waals surface area contributed by atoms with Crippen molar-refractivity contribution in [2.75, 3.05) is 5.75 Å². The quantitative estimate of drug-likeness (QED) is 0.603. The molecule has 0 bridgehead atoms. The minimum atomic E-state index is 0.341. The lowest BCUT2D eigenvalue weighted by molar-refractivity contribution is 0.618. The molecule has 2 rings (SSSR count). The predicted octanol–water partition coefficient (Wildman–Crippen LogP) is 3.78. The summed E-state index contributed by atoms with van der Waals surface area (Å²) in [4.78, 5) is 3.43. The van der Waals surface area contributed by atoms with Crippen molar-refractivity contribution in [1.29, 1.82) is 0 Å². The Balaban J connectivity index is 1.79. The van der Waals surface area contributed by atoms with Gasteiger partial charge in [0.25, 0.3) is 0 Å². The first-order valence-electron chi connectivity index (χ1n) is 6.22. The van der Waals surface area contributed by atoms with Crippen molar-refractivity contribution < 1.29 is 0 Å². The number of para-hydroxylation sites is 1. The second kappa shape index (κ2) is 6.12. The maximum Gasteiger partial charge on any atom is 0.0732 e. The third-order valence-electron chi connectivity index (χ3n) is 2.82. The third kappa shape index (κ3) is 3.79. The molecular formula is C14H20N2S. The van der Waals surface area contributed by atoms with Gasteiger partial charge in [0, 0.05) is 16.9 Å². The number of rotatable bonds is 6. The van der Waals surface area contributed by atoms with Crippen LogP contribution in [0.15, 0.2) is 35.4 Å². The van der Waals surface area contributed by atoms with Crippen molar-refractivity contribution in [3.8, 4) is 0 Å². The lowest BCUT2D eigenvalue weighted by atomic mass is 10.2. The highest BCUT2D eigenvalue weighted by molar-refractivity contribution is 7.99.